The van der Waals surface area contributed by atoms with Crippen molar-refractivity contribution in [1.29, 1.82) is 0 Å². The molecule has 0 bridgehead atoms. The maximum atomic E-state index is 10.7. The Hall–Kier alpha value is 0.697. The zero-order valence-corrected chi connectivity index (χ0v) is 12.9. The Labute approximate surface area is 107 Å². The summed E-state index contributed by atoms with van der Waals surface area (Å²) in [6, 6.07) is -0.673. The number of carbonyl (C=O) groups is 2. The number of nitrogens with two attached hydrogens (primary N) is 1. The fourth-order valence-electron chi connectivity index (χ4n) is 0.497. The molecule has 7 heteroatoms. The average Bonchev–Trinajstić information content (AvgIpc) is 2.00. The maximum Gasteiger partial charge on any atom is 0.330 e. The van der Waals surface area contributed by atoms with Crippen LogP contribution >= 0.6 is 11.8 Å². The van der Waals surface area contributed by atoms with E-state index in [4.69, 9.17) is 5.73 Å². The van der Waals surface area contributed by atoms with Crippen molar-refractivity contribution >= 4 is 24.2 Å². The van der Waals surface area contributed by atoms with Crippen LogP contribution in [-0.2, 0) is 53.3 Å². The molecule has 0 aliphatic rings. The Morgan fingerprint density at radius 3 is 2.62 bits per heavy atom. The molecule has 1 atom stereocenters. The molecule has 13 heavy (non-hydrogen) atoms. The second-order valence-electron chi connectivity index (χ2n) is 1.92. The van der Waals surface area contributed by atoms with Gasteiger partial charge in [-0.25, -0.2) is 4.79 Å². The minimum Gasteiger partial charge on any atom is -0.394 e. The summed E-state index contributed by atoms with van der Waals surface area (Å²) < 4.78 is 4.05. The number of thioether (sulfide) groups is 1. The fourth-order valence-corrected chi connectivity index (χ4v) is 0.987. The molecular weight excluding hydrogens is 333 g/mol. The van der Waals surface area contributed by atoms with E-state index in [0.29, 0.717) is 6.42 Å². The number of carbonyl (C=O) groups excluding carboxylic acids is 2. The van der Waals surface area contributed by atoms with E-state index in [1.54, 1.807) is 11.8 Å². The summed E-state index contributed by atoms with van der Waals surface area (Å²) >= 11 is 1.59. The molecule has 0 aliphatic carbocycles. The zero-order valence-electron chi connectivity index (χ0n) is 7.34. The van der Waals surface area contributed by atoms with Crippen LogP contribution in [0, 0.1) is 0 Å². The van der Waals surface area contributed by atoms with E-state index in [-0.39, 0.29) is 45.4 Å². The Balaban J connectivity index is -0.000000500. The van der Waals surface area contributed by atoms with Crippen molar-refractivity contribution in [3.05, 3.63) is 0 Å². The monoisotopic (exact) mass is 343 g/mol. The molecule has 0 spiro atoms. The molecule has 2 N–H and O–H groups in total. The molecule has 0 heterocycles. The van der Waals surface area contributed by atoms with Gasteiger partial charge < -0.3 is 10.5 Å². The van der Waals surface area contributed by atoms with E-state index in [1.807, 2.05) is 6.26 Å². The minimum atomic E-state index is -0.673. The van der Waals surface area contributed by atoms with E-state index in [9.17, 15) is 9.59 Å². The number of hydrogen-bond acceptors (Lipinski definition) is 5. The van der Waals surface area contributed by atoms with E-state index < -0.39 is 12.0 Å². The molecular formula is C6H11NO3RuSZn. The van der Waals surface area contributed by atoms with Crippen molar-refractivity contribution in [3.8, 4) is 0 Å². The summed E-state index contributed by atoms with van der Waals surface area (Å²) in [6.45, 7) is 0.0985. The van der Waals surface area contributed by atoms with Gasteiger partial charge in [0.25, 0.3) is 0 Å². The molecule has 4 nitrogen and oxygen atoms in total. The normalized spacial score (nSPS) is 10.3. The van der Waals surface area contributed by atoms with Crippen molar-refractivity contribution in [2.45, 2.75) is 12.5 Å². The van der Waals surface area contributed by atoms with Crippen LogP contribution in [0.25, 0.3) is 0 Å². The molecule has 0 saturated heterocycles. The minimum absolute atomic E-state index is 0. The van der Waals surface area contributed by atoms with Gasteiger partial charge in [0.15, 0.2) is 0 Å². The van der Waals surface area contributed by atoms with E-state index in [2.05, 4.69) is 4.74 Å². The third-order valence-electron chi connectivity index (χ3n) is 1.10. The SMILES string of the molecule is CSCC[C@H](N)C(=O)OC=O.[Ru].[Zn]. The smallest absolute Gasteiger partial charge is 0.330 e. The van der Waals surface area contributed by atoms with Gasteiger partial charge in [-0.3, -0.25) is 4.79 Å². The molecule has 0 fully saturated rings. The second kappa shape index (κ2) is 12.7. The molecule has 0 aromatic heterocycles. The van der Waals surface area contributed by atoms with Crippen molar-refractivity contribution in [2.24, 2.45) is 5.73 Å². The van der Waals surface area contributed by atoms with Crippen molar-refractivity contribution in [1.82, 2.24) is 0 Å². The van der Waals surface area contributed by atoms with Gasteiger partial charge in [0.1, 0.15) is 6.04 Å². The summed E-state index contributed by atoms with van der Waals surface area (Å²) in [5.41, 5.74) is 5.34. The summed E-state index contributed by atoms with van der Waals surface area (Å²) in [6.07, 6.45) is 2.45. The first-order valence-electron chi connectivity index (χ1n) is 3.11. The number of esters is 1. The Morgan fingerprint density at radius 1 is 1.69 bits per heavy atom. The van der Waals surface area contributed by atoms with Crippen LogP contribution in [0.3, 0.4) is 0 Å². The van der Waals surface area contributed by atoms with Crippen molar-refractivity contribution in [3.63, 3.8) is 0 Å². The largest absolute Gasteiger partial charge is 0.394 e. The molecule has 0 unspecified atom stereocenters. The quantitative estimate of drug-likeness (QED) is 0.323. The van der Waals surface area contributed by atoms with Gasteiger partial charge >= 0.3 is 12.4 Å². The molecule has 74 valence electrons. The molecule has 0 amide bonds. The predicted octanol–water partition coefficient (Wildman–Crippen LogP) is -0.239. The first kappa shape index (κ1) is 19.3. The van der Waals surface area contributed by atoms with Crippen LogP contribution < -0.4 is 5.73 Å². The topological polar surface area (TPSA) is 69.4 Å². The maximum absolute atomic E-state index is 10.7. The van der Waals surface area contributed by atoms with Crippen molar-refractivity contribution in [2.75, 3.05) is 12.0 Å². The molecule has 0 aliphatic heterocycles. The molecule has 0 aromatic rings. The van der Waals surface area contributed by atoms with E-state index >= 15 is 0 Å². The van der Waals surface area contributed by atoms with Crippen LogP contribution in [0.1, 0.15) is 6.42 Å². The Morgan fingerprint density at radius 2 is 2.23 bits per heavy atom. The first-order valence-corrected chi connectivity index (χ1v) is 4.50. The van der Waals surface area contributed by atoms with E-state index in [0.717, 1.165) is 5.75 Å². The third-order valence-corrected chi connectivity index (χ3v) is 1.74. The summed E-state index contributed by atoms with van der Waals surface area (Å²) in [5, 5.41) is 0. The van der Waals surface area contributed by atoms with E-state index in [1.165, 1.54) is 0 Å². The van der Waals surface area contributed by atoms with Gasteiger partial charge in [0.05, 0.1) is 0 Å². The van der Waals surface area contributed by atoms with Gasteiger partial charge in [-0.05, 0) is 18.4 Å². The Kier molecular flexibility index (Phi) is 18.8. The van der Waals surface area contributed by atoms with Crippen LogP contribution in [0.5, 0.6) is 0 Å². The number of rotatable bonds is 5. The van der Waals surface area contributed by atoms with Crippen LogP contribution in [0.15, 0.2) is 0 Å². The third kappa shape index (κ3) is 10.6. The van der Waals surface area contributed by atoms with Gasteiger partial charge in [-0.15, -0.1) is 0 Å². The number of hydrogen-bond donors (Lipinski definition) is 1. The first-order chi connectivity index (χ1) is 5.22. The summed E-state index contributed by atoms with van der Waals surface area (Å²) in [7, 11) is 0. The van der Waals surface area contributed by atoms with Crippen LogP contribution in [0.2, 0.25) is 0 Å². The predicted molar refractivity (Wildman–Crippen MR) is 43.1 cm³/mol. The zero-order chi connectivity index (χ0) is 8.69. The standard InChI is InChI=1S/C6H11NO3S.Ru.Zn/c1-11-3-2-5(7)6(9)10-4-8;;/h4-5H,2-3,7H2,1H3;;/t5-;;/m0../s1. The fraction of sp³-hybridized carbons (Fsp3) is 0.667. The van der Waals surface area contributed by atoms with Crippen molar-refractivity contribution < 1.29 is 53.3 Å². The Bertz CT molecular complexity index is 150. The van der Waals surface area contributed by atoms with Crippen LogP contribution in [-0.4, -0.2) is 30.5 Å². The second-order valence-corrected chi connectivity index (χ2v) is 2.91. The molecule has 0 aromatic carbocycles. The van der Waals surface area contributed by atoms with Crippen LogP contribution in [0.4, 0.5) is 0 Å². The van der Waals surface area contributed by atoms with Gasteiger partial charge in [-0.2, -0.15) is 11.8 Å². The van der Waals surface area contributed by atoms with Gasteiger partial charge in [0.2, 0.25) is 0 Å². The molecule has 0 rings (SSSR count). The molecule has 0 saturated carbocycles. The average molecular weight is 344 g/mol. The van der Waals surface area contributed by atoms with Gasteiger partial charge in [0, 0.05) is 39.0 Å². The summed E-state index contributed by atoms with van der Waals surface area (Å²) in [4.78, 5) is 20.4. The summed E-state index contributed by atoms with van der Waals surface area (Å²) in [5.74, 6) is 0.129. The molecule has 0 radical (unpaired) electrons. The van der Waals surface area contributed by atoms with Gasteiger partial charge in [-0.1, -0.05) is 0 Å². The number of ether oxygens (including phenoxy) is 1.